The van der Waals surface area contributed by atoms with Gasteiger partial charge in [-0.25, -0.2) is 9.97 Å². The molecule has 0 amide bonds. The first-order chi connectivity index (χ1) is 9.22. The Balaban J connectivity index is 2.13. The number of hydrogen-bond acceptors (Lipinski definition) is 5. The van der Waals surface area contributed by atoms with Crippen LogP contribution in [0.25, 0.3) is 0 Å². The van der Waals surface area contributed by atoms with Crippen molar-refractivity contribution in [3.8, 4) is 0 Å². The lowest BCUT2D eigenvalue weighted by atomic mass is 10.2. The molecule has 0 fully saturated rings. The molecule has 1 aromatic heterocycles. The van der Waals surface area contributed by atoms with Crippen LogP contribution in [0.3, 0.4) is 0 Å². The third-order valence-corrected chi connectivity index (χ3v) is 3.48. The maximum absolute atomic E-state index is 6.12. The summed E-state index contributed by atoms with van der Waals surface area (Å²) in [5.41, 5.74) is 1.04. The monoisotopic (exact) mass is 294 g/mol. The number of aromatic nitrogens is 2. The highest BCUT2D eigenvalue weighted by molar-refractivity contribution is 7.98. The van der Waals surface area contributed by atoms with Crippen LogP contribution >= 0.6 is 23.4 Å². The summed E-state index contributed by atoms with van der Waals surface area (Å²) >= 11 is 7.63. The third kappa shape index (κ3) is 3.75. The fourth-order valence-corrected chi connectivity index (χ4v) is 2.14. The zero-order valence-electron chi connectivity index (χ0n) is 10.8. The van der Waals surface area contributed by atoms with E-state index in [0.717, 1.165) is 27.4 Å². The number of rotatable bonds is 5. The van der Waals surface area contributed by atoms with Crippen molar-refractivity contribution in [1.82, 2.24) is 9.97 Å². The summed E-state index contributed by atoms with van der Waals surface area (Å²) in [6.07, 6.45) is 1.95. The van der Waals surface area contributed by atoms with Crippen LogP contribution in [-0.4, -0.2) is 23.3 Å². The Morgan fingerprint density at radius 1 is 1.21 bits per heavy atom. The van der Waals surface area contributed by atoms with Crippen LogP contribution in [0, 0.1) is 0 Å². The van der Waals surface area contributed by atoms with E-state index < -0.39 is 0 Å². The maximum Gasteiger partial charge on any atom is 0.191 e. The van der Waals surface area contributed by atoms with Crippen LogP contribution in [0.1, 0.15) is 5.56 Å². The molecule has 0 aliphatic heterocycles. The van der Waals surface area contributed by atoms with E-state index in [2.05, 4.69) is 20.6 Å². The minimum absolute atomic E-state index is 0.633. The van der Waals surface area contributed by atoms with Crippen molar-refractivity contribution in [2.75, 3.05) is 23.9 Å². The standard InChI is InChI=1S/C13H15ClN4S/c1-15-11-7-12(18-13(17-11)19-2)16-8-9-5-3-4-6-10(9)14/h3-7H,8H2,1-2H3,(H2,15,16,17,18). The summed E-state index contributed by atoms with van der Waals surface area (Å²) in [6.45, 7) is 0.633. The van der Waals surface area contributed by atoms with E-state index in [1.807, 2.05) is 43.6 Å². The summed E-state index contributed by atoms with van der Waals surface area (Å²) in [5, 5.41) is 7.77. The number of anilines is 2. The molecule has 0 saturated heterocycles. The second-order valence-electron chi connectivity index (χ2n) is 3.82. The first kappa shape index (κ1) is 14.0. The van der Waals surface area contributed by atoms with Gasteiger partial charge in [0.1, 0.15) is 11.6 Å². The van der Waals surface area contributed by atoms with Crippen molar-refractivity contribution in [2.24, 2.45) is 0 Å². The number of thioether (sulfide) groups is 1. The zero-order valence-corrected chi connectivity index (χ0v) is 12.3. The summed E-state index contributed by atoms with van der Waals surface area (Å²) < 4.78 is 0. The molecule has 0 aliphatic rings. The molecule has 6 heteroatoms. The van der Waals surface area contributed by atoms with Gasteiger partial charge in [-0.3, -0.25) is 0 Å². The lowest BCUT2D eigenvalue weighted by Gasteiger charge is -2.09. The fraction of sp³-hybridized carbons (Fsp3) is 0.231. The Morgan fingerprint density at radius 2 is 1.95 bits per heavy atom. The van der Waals surface area contributed by atoms with Crippen molar-refractivity contribution < 1.29 is 0 Å². The minimum Gasteiger partial charge on any atom is -0.373 e. The lowest BCUT2D eigenvalue weighted by Crippen LogP contribution is -2.05. The van der Waals surface area contributed by atoms with E-state index in [4.69, 9.17) is 11.6 Å². The van der Waals surface area contributed by atoms with Gasteiger partial charge in [0.15, 0.2) is 5.16 Å². The van der Waals surface area contributed by atoms with Gasteiger partial charge in [-0.1, -0.05) is 41.6 Å². The quantitative estimate of drug-likeness (QED) is 0.653. The lowest BCUT2D eigenvalue weighted by molar-refractivity contribution is 0.958. The van der Waals surface area contributed by atoms with Gasteiger partial charge in [0.2, 0.25) is 0 Å². The maximum atomic E-state index is 6.12. The van der Waals surface area contributed by atoms with Gasteiger partial charge in [0.25, 0.3) is 0 Å². The first-order valence-electron chi connectivity index (χ1n) is 5.81. The van der Waals surface area contributed by atoms with E-state index in [-0.39, 0.29) is 0 Å². The van der Waals surface area contributed by atoms with Gasteiger partial charge >= 0.3 is 0 Å². The van der Waals surface area contributed by atoms with Gasteiger partial charge in [-0.05, 0) is 17.9 Å². The molecule has 1 heterocycles. The Morgan fingerprint density at radius 3 is 2.63 bits per heavy atom. The van der Waals surface area contributed by atoms with Crippen molar-refractivity contribution in [1.29, 1.82) is 0 Å². The van der Waals surface area contributed by atoms with E-state index >= 15 is 0 Å². The molecule has 1 aromatic carbocycles. The topological polar surface area (TPSA) is 49.8 Å². The normalized spacial score (nSPS) is 10.3. The predicted octanol–water partition coefficient (Wildman–Crippen LogP) is 3.51. The van der Waals surface area contributed by atoms with Crippen LogP contribution in [0.15, 0.2) is 35.5 Å². The molecule has 4 nitrogen and oxygen atoms in total. The summed E-state index contributed by atoms with van der Waals surface area (Å²) in [7, 11) is 1.84. The van der Waals surface area contributed by atoms with Crippen LogP contribution in [0.5, 0.6) is 0 Å². The number of benzene rings is 1. The summed E-state index contributed by atoms with van der Waals surface area (Å²) in [5.74, 6) is 1.57. The molecule has 0 saturated carbocycles. The van der Waals surface area contributed by atoms with Crippen molar-refractivity contribution in [2.45, 2.75) is 11.7 Å². The average Bonchev–Trinajstić information content (AvgIpc) is 2.46. The molecular formula is C13H15ClN4S. The molecule has 2 aromatic rings. The van der Waals surface area contributed by atoms with Gasteiger partial charge in [0.05, 0.1) is 0 Å². The van der Waals surface area contributed by atoms with E-state index in [0.29, 0.717) is 6.54 Å². The van der Waals surface area contributed by atoms with Crippen LogP contribution in [0.2, 0.25) is 5.02 Å². The first-order valence-corrected chi connectivity index (χ1v) is 7.41. The SMILES string of the molecule is CNc1cc(NCc2ccccc2Cl)nc(SC)n1. The number of halogens is 1. The Labute approximate surface area is 122 Å². The van der Waals surface area contributed by atoms with Gasteiger partial charge < -0.3 is 10.6 Å². The largest absolute Gasteiger partial charge is 0.373 e. The Bertz CT molecular complexity index is 540. The summed E-state index contributed by atoms with van der Waals surface area (Å²) in [4.78, 5) is 8.72. The van der Waals surface area contributed by atoms with Crippen LogP contribution in [0.4, 0.5) is 11.6 Å². The smallest absolute Gasteiger partial charge is 0.191 e. The highest BCUT2D eigenvalue weighted by atomic mass is 35.5. The van der Waals surface area contributed by atoms with Crippen molar-refractivity contribution in [3.63, 3.8) is 0 Å². The molecule has 0 radical (unpaired) electrons. The molecule has 100 valence electrons. The second-order valence-corrected chi connectivity index (χ2v) is 5.00. The van der Waals surface area contributed by atoms with E-state index in [9.17, 15) is 0 Å². The fourth-order valence-electron chi connectivity index (χ4n) is 1.56. The molecule has 0 spiro atoms. The molecule has 0 unspecified atom stereocenters. The number of hydrogen-bond donors (Lipinski definition) is 2. The molecule has 2 rings (SSSR count). The molecule has 2 N–H and O–H groups in total. The van der Waals surface area contributed by atoms with Crippen LogP contribution in [-0.2, 0) is 6.54 Å². The van der Waals surface area contributed by atoms with E-state index in [1.54, 1.807) is 0 Å². The van der Waals surface area contributed by atoms with Gasteiger partial charge in [0, 0.05) is 24.7 Å². The average molecular weight is 295 g/mol. The van der Waals surface area contributed by atoms with Gasteiger partial charge in [-0.15, -0.1) is 0 Å². The van der Waals surface area contributed by atoms with Gasteiger partial charge in [-0.2, -0.15) is 0 Å². The van der Waals surface area contributed by atoms with Crippen LogP contribution < -0.4 is 10.6 Å². The molecular weight excluding hydrogens is 280 g/mol. The van der Waals surface area contributed by atoms with Crippen molar-refractivity contribution >= 4 is 35.0 Å². The Hall–Kier alpha value is -1.46. The zero-order chi connectivity index (χ0) is 13.7. The molecule has 0 aliphatic carbocycles. The highest BCUT2D eigenvalue weighted by Gasteiger charge is 2.04. The molecule has 0 atom stereocenters. The summed E-state index contributed by atoms with van der Waals surface area (Å²) in [6, 6.07) is 9.63. The predicted molar refractivity (Wildman–Crippen MR) is 82.1 cm³/mol. The third-order valence-electron chi connectivity index (χ3n) is 2.56. The second kappa shape index (κ2) is 6.63. The van der Waals surface area contributed by atoms with Crippen molar-refractivity contribution in [3.05, 3.63) is 40.9 Å². The molecule has 0 bridgehead atoms. The molecule has 19 heavy (non-hydrogen) atoms. The van der Waals surface area contributed by atoms with E-state index in [1.165, 1.54) is 11.8 Å². The number of nitrogens with one attached hydrogen (secondary N) is 2. The highest BCUT2D eigenvalue weighted by Crippen LogP contribution is 2.19. The minimum atomic E-state index is 0.633. The Kier molecular flexibility index (Phi) is 4.87. The number of nitrogens with zero attached hydrogens (tertiary/aromatic N) is 2.